The van der Waals surface area contributed by atoms with Crippen molar-refractivity contribution in [3.63, 3.8) is 0 Å². The van der Waals surface area contributed by atoms with E-state index in [9.17, 15) is 8.42 Å². The molecule has 7 heteroatoms. The molecular formula is C25H35N3O3S. The number of sulfonamides is 1. The van der Waals surface area contributed by atoms with Crippen LogP contribution in [-0.4, -0.2) is 39.4 Å². The summed E-state index contributed by atoms with van der Waals surface area (Å²) < 4.78 is 32.8. The Labute approximate surface area is 192 Å². The first-order valence-electron chi connectivity index (χ1n) is 11.6. The smallest absolute Gasteiger partial charge is 0.232 e. The highest BCUT2D eigenvalue weighted by atomic mass is 32.2. The zero-order valence-electron chi connectivity index (χ0n) is 19.1. The minimum absolute atomic E-state index is 0.0394. The van der Waals surface area contributed by atoms with Gasteiger partial charge in [-0.05, 0) is 67.3 Å². The van der Waals surface area contributed by atoms with Gasteiger partial charge in [-0.1, -0.05) is 43.2 Å². The van der Waals surface area contributed by atoms with E-state index in [0.29, 0.717) is 5.92 Å². The molecule has 0 spiro atoms. The van der Waals surface area contributed by atoms with Crippen molar-refractivity contribution in [2.24, 2.45) is 11.8 Å². The number of anilines is 1. The van der Waals surface area contributed by atoms with Crippen molar-refractivity contribution >= 4 is 15.7 Å². The molecule has 0 aromatic heterocycles. The molecule has 1 aliphatic carbocycles. The number of benzene rings is 2. The third kappa shape index (κ3) is 4.95. The third-order valence-electron chi connectivity index (χ3n) is 6.95. The van der Waals surface area contributed by atoms with Crippen molar-refractivity contribution in [3.8, 4) is 5.75 Å². The van der Waals surface area contributed by atoms with Crippen LogP contribution in [0.2, 0.25) is 0 Å². The molecule has 0 bridgehead atoms. The van der Waals surface area contributed by atoms with E-state index in [1.54, 1.807) is 11.4 Å². The monoisotopic (exact) mass is 457 g/mol. The highest BCUT2D eigenvalue weighted by Crippen LogP contribution is 2.39. The predicted octanol–water partition coefficient (Wildman–Crippen LogP) is 4.27. The van der Waals surface area contributed by atoms with Crippen LogP contribution in [-0.2, 0) is 16.4 Å². The lowest BCUT2D eigenvalue weighted by Crippen LogP contribution is -2.44. The lowest BCUT2D eigenvalue weighted by Gasteiger charge is -2.39. The average molecular weight is 458 g/mol. The molecule has 2 aliphatic rings. The van der Waals surface area contributed by atoms with Gasteiger partial charge >= 0.3 is 0 Å². The van der Waals surface area contributed by atoms with Crippen molar-refractivity contribution < 1.29 is 13.2 Å². The molecule has 4 rings (SSSR count). The van der Waals surface area contributed by atoms with Crippen molar-refractivity contribution in [2.75, 3.05) is 24.2 Å². The Morgan fingerprint density at radius 2 is 1.78 bits per heavy atom. The molecule has 2 fully saturated rings. The van der Waals surface area contributed by atoms with Crippen molar-refractivity contribution in [1.29, 1.82) is 0 Å². The molecule has 32 heavy (non-hydrogen) atoms. The van der Waals surface area contributed by atoms with Gasteiger partial charge in [-0.25, -0.2) is 13.4 Å². The van der Waals surface area contributed by atoms with Gasteiger partial charge in [0.25, 0.3) is 0 Å². The summed E-state index contributed by atoms with van der Waals surface area (Å²) in [5.41, 5.74) is 3.00. The fourth-order valence-corrected chi connectivity index (χ4v) is 6.84. The highest BCUT2D eigenvalue weighted by molar-refractivity contribution is 7.92. The molecule has 6 nitrogen and oxygen atoms in total. The summed E-state index contributed by atoms with van der Waals surface area (Å²) >= 11 is 0. The van der Waals surface area contributed by atoms with Crippen LogP contribution in [0.3, 0.4) is 0 Å². The molecule has 0 unspecified atom stereocenters. The number of nitrogens with zero attached hydrogens (tertiary/aromatic N) is 2. The van der Waals surface area contributed by atoms with E-state index >= 15 is 0 Å². The van der Waals surface area contributed by atoms with Crippen molar-refractivity contribution in [1.82, 2.24) is 5.01 Å². The van der Waals surface area contributed by atoms with Gasteiger partial charge < -0.3 is 4.74 Å². The minimum atomic E-state index is -3.37. The fraction of sp³-hybridized carbons (Fsp3) is 0.520. The lowest BCUT2D eigenvalue weighted by molar-refractivity contribution is 0.0923. The largest absolute Gasteiger partial charge is 0.496 e. The quantitative estimate of drug-likeness (QED) is 0.628. The molecule has 0 radical (unpaired) electrons. The molecule has 0 amide bonds. The zero-order chi connectivity index (χ0) is 22.7. The molecule has 1 saturated heterocycles. The lowest BCUT2D eigenvalue weighted by atomic mass is 9.81. The highest BCUT2D eigenvalue weighted by Gasteiger charge is 2.33. The first kappa shape index (κ1) is 23.1. The second-order valence-electron chi connectivity index (χ2n) is 9.19. The first-order chi connectivity index (χ1) is 15.4. The Morgan fingerprint density at radius 3 is 2.44 bits per heavy atom. The summed E-state index contributed by atoms with van der Waals surface area (Å²) in [5.74, 6) is 7.58. The second-order valence-corrected chi connectivity index (χ2v) is 11.1. The maximum Gasteiger partial charge on any atom is 0.232 e. The number of hydrogen-bond donors (Lipinski definition) is 1. The van der Waals surface area contributed by atoms with Crippen LogP contribution >= 0.6 is 0 Å². The SMILES string of the molecule is COc1ccc(N(C2CCCC2)S(C)(=O)=O)cc1C[C@@H]1CCCN(N)[C@@H]1c1ccccc1. The zero-order valence-corrected chi connectivity index (χ0v) is 19.9. The van der Waals surface area contributed by atoms with Gasteiger partial charge in [0.1, 0.15) is 5.75 Å². The van der Waals surface area contributed by atoms with Crippen LogP contribution < -0.4 is 14.9 Å². The molecule has 174 valence electrons. The van der Waals surface area contributed by atoms with Crippen LogP contribution in [0.15, 0.2) is 48.5 Å². The molecule has 2 aromatic rings. The molecular weight excluding hydrogens is 422 g/mol. The summed E-state index contributed by atoms with van der Waals surface area (Å²) in [7, 11) is -1.69. The number of ether oxygens (including phenoxy) is 1. The van der Waals surface area contributed by atoms with Crippen LogP contribution in [0.4, 0.5) is 5.69 Å². The van der Waals surface area contributed by atoms with E-state index in [0.717, 1.165) is 68.5 Å². The van der Waals surface area contributed by atoms with E-state index in [1.807, 2.05) is 29.3 Å². The summed E-state index contributed by atoms with van der Waals surface area (Å²) in [6, 6.07) is 16.4. The van der Waals surface area contributed by atoms with Gasteiger partial charge in [0, 0.05) is 12.6 Å². The summed E-state index contributed by atoms with van der Waals surface area (Å²) in [6.07, 6.45) is 8.19. The van der Waals surface area contributed by atoms with E-state index in [1.165, 1.54) is 11.8 Å². The summed E-state index contributed by atoms with van der Waals surface area (Å²) in [4.78, 5) is 0. The maximum atomic E-state index is 12.7. The number of hydrogen-bond acceptors (Lipinski definition) is 5. The number of nitrogens with two attached hydrogens (primary N) is 1. The number of hydrazine groups is 1. The molecule has 2 atom stereocenters. The van der Waals surface area contributed by atoms with Gasteiger partial charge in [-0.3, -0.25) is 10.1 Å². The molecule has 1 aliphatic heterocycles. The van der Waals surface area contributed by atoms with Crippen LogP contribution in [0, 0.1) is 5.92 Å². The topological polar surface area (TPSA) is 75.9 Å². The number of methoxy groups -OCH3 is 1. The number of piperidine rings is 1. The van der Waals surface area contributed by atoms with E-state index in [2.05, 4.69) is 24.3 Å². The average Bonchev–Trinajstić information content (AvgIpc) is 3.28. The van der Waals surface area contributed by atoms with Crippen molar-refractivity contribution in [3.05, 3.63) is 59.7 Å². The van der Waals surface area contributed by atoms with Crippen LogP contribution in [0.25, 0.3) is 0 Å². The molecule has 2 N–H and O–H groups in total. The minimum Gasteiger partial charge on any atom is -0.496 e. The van der Waals surface area contributed by atoms with E-state index in [4.69, 9.17) is 10.6 Å². The Balaban J connectivity index is 1.68. The van der Waals surface area contributed by atoms with Gasteiger partial charge in [0.2, 0.25) is 10.0 Å². The Morgan fingerprint density at radius 1 is 1.06 bits per heavy atom. The second kappa shape index (κ2) is 9.81. The molecule has 1 saturated carbocycles. The van der Waals surface area contributed by atoms with Crippen LogP contribution in [0.1, 0.15) is 55.7 Å². The molecule has 1 heterocycles. The van der Waals surface area contributed by atoms with Crippen LogP contribution in [0.5, 0.6) is 5.75 Å². The Bertz CT molecular complexity index is 1010. The van der Waals surface area contributed by atoms with Crippen molar-refractivity contribution in [2.45, 2.75) is 57.0 Å². The summed E-state index contributed by atoms with van der Waals surface area (Å²) in [5, 5.41) is 1.96. The molecule has 2 aromatic carbocycles. The van der Waals surface area contributed by atoms with Gasteiger partial charge in [0.15, 0.2) is 0 Å². The Hall–Kier alpha value is -2.09. The number of rotatable bonds is 7. The van der Waals surface area contributed by atoms with E-state index < -0.39 is 10.0 Å². The first-order valence-corrected chi connectivity index (χ1v) is 13.5. The maximum absolute atomic E-state index is 12.7. The van der Waals surface area contributed by atoms with E-state index in [-0.39, 0.29) is 12.1 Å². The Kier molecular flexibility index (Phi) is 7.08. The third-order valence-corrected chi connectivity index (χ3v) is 8.17. The summed E-state index contributed by atoms with van der Waals surface area (Å²) in [6.45, 7) is 0.872. The standard InChI is InChI=1S/C25H35N3O3S/c1-31-24-15-14-23(28(32(2,29)30)22-12-6-7-13-22)18-21(24)17-20-11-8-16-27(26)25(20)19-9-4-3-5-10-19/h3-5,9-10,14-15,18,20,22,25H,6-8,11-13,16-17,26H2,1-2H3/t20-,25+/m0/s1. The normalized spacial score (nSPS) is 22.7. The van der Waals surface area contributed by atoms with Gasteiger partial charge in [0.05, 0.1) is 25.1 Å². The van der Waals surface area contributed by atoms with Gasteiger partial charge in [-0.15, -0.1) is 0 Å². The predicted molar refractivity (Wildman–Crippen MR) is 129 cm³/mol. The fourth-order valence-electron chi connectivity index (χ4n) is 5.59. The van der Waals surface area contributed by atoms with Gasteiger partial charge in [-0.2, -0.15) is 0 Å².